The lowest BCUT2D eigenvalue weighted by Gasteiger charge is -2.29. The second-order valence-corrected chi connectivity index (χ2v) is 6.59. The van der Waals surface area contributed by atoms with Crippen molar-refractivity contribution in [3.63, 3.8) is 0 Å². The molecule has 0 heterocycles. The second-order valence-electron chi connectivity index (χ2n) is 6.59. The van der Waals surface area contributed by atoms with Crippen LogP contribution in [0.2, 0.25) is 0 Å². The minimum atomic E-state index is 0.392. The van der Waals surface area contributed by atoms with Gasteiger partial charge in [0.15, 0.2) is 0 Å². The molecule has 0 aliphatic heterocycles. The number of nitrogens with one attached hydrogen (secondary N) is 2. The fraction of sp³-hybridized carbons (Fsp3) is 0.938. The van der Waals surface area contributed by atoms with Gasteiger partial charge in [0.25, 0.3) is 0 Å². The fourth-order valence-electron chi connectivity index (χ4n) is 3.34. The molecule has 0 aromatic heterocycles. The van der Waals surface area contributed by atoms with Gasteiger partial charge in [-0.05, 0) is 43.9 Å². The predicted molar refractivity (Wildman–Crippen MR) is 89.1 cm³/mol. The van der Waals surface area contributed by atoms with E-state index in [-0.39, 0.29) is 0 Å². The smallest absolute Gasteiger partial charge is 0.205 e. The molecule has 0 saturated heterocycles. The second kappa shape index (κ2) is 10.0. The van der Waals surface area contributed by atoms with E-state index in [4.69, 9.17) is 15.6 Å². The van der Waals surface area contributed by atoms with Gasteiger partial charge in [-0.1, -0.05) is 26.7 Å². The van der Waals surface area contributed by atoms with E-state index in [0.29, 0.717) is 11.4 Å². The maximum Gasteiger partial charge on any atom is 0.205 e. The highest BCUT2D eigenvalue weighted by molar-refractivity contribution is 5.79. The summed E-state index contributed by atoms with van der Waals surface area (Å²) in [4.78, 5) is 4.70. The van der Waals surface area contributed by atoms with E-state index in [1.54, 1.807) is 0 Å². The Labute approximate surface area is 130 Å². The van der Waals surface area contributed by atoms with Crippen molar-refractivity contribution in [2.45, 2.75) is 59.3 Å². The Kier molecular flexibility index (Phi) is 8.69. The Bertz CT molecular complexity index is 299. The molecule has 1 saturated carbocycles. The summed E-state index contributed by atoms with van der Waals surface area (Å²) in [5.74, 6) is 7.01. The summed E-state index contributed by atoms with van der Waals surface area (Å²) in [6, 6.07) is 0. The summed E-state index contributed by atoms with van der Waals surface area (Å²) in [5.41, 5.74) is 3.08. The van der Waals surface area contributed by atoms with Crippen molar-refractivity contribution >= 4 is 5.96 Å². The third kappa shape index (κ3) is 7.14. The van der Waals surface area contributed by atoms with Gasteiger partial charge in [-0.15, -0.1) is 0 Å². The van der Waals surface area contributed by atoms with Crippen LogP contribution in [0.5, 0.6) is 0 Å². The first kappa shape index (κ1) is 18.2. The molecular weight excluding hydrogens is 264 g/mol. The molecule has 4 N–H and O–H groups in total. The molecule has 0 aromatic carbocycles. The summed E-state index contributed by atoms with van der Waals surface area (Å²) in [6.07, 6.45) is 7.52. The molecule has 1 fully saturated rings. The third-order valence-corrected chi connectivity index (χ3v) is 4.18. The molecule has 0 atom stereocenters. The molecule has 5 nitrogen and oxygen atoms in total. The van der Waals surface area contributed by atoms with Gasteiger partial charge in [0.2, 0.25) is 5.96 Å². The number of ether oxygens (including phenoxy) is 1. The summed E-state index contributed by atoms with van der Waals surface area (Å²) in [5, 5.41) is 3.26. The number of rotatable bonds is 9. The number of hydrogen-bond acceptors (Lipinski definition) is 3. The molecule has 1 aliphatic carbocycles. The number of nitrogens with two attached hydrogens (primary N) is 1. The average molecular weight is 298 g/mol. The van der Waals surface area contributed by atoms with E-state index < -0.39 is 0 Å². The van der Waals surface area contributed by atoms with E-state index in [2.05, 4.69) is 24.6 Å². The Morgan fingerprint density at radius 2 is 2.05 bits per heavy atom. The fourth-order valence-corrected chi connectivity index (χ4v) is 3.34. The van der Waals surface area contributed by atoms with Gasteiger partial charge < -0.3 is 10.1 Å². The molecule has 0 amide bonds. The Morgan fingerprint density at radius 3 is 2.62 bits per heavy atom. The number of aliphatic imine (C=N–C) groups is 1. The molecule has 124 valence electrons. The highest BCUT2D eigenvalue weighted by Gasteiger charge is 2.34. The maximum atomic E-state index is 5.57. The Morgan fingerprint density at radius 1 is 1.33 bits per heavy atom. The van der Waals surface area contributed by atoms with Crippen molar-refractivity contribution in [1.82, 2.24) is 10.7 Å². The van der Waals surface area contributed by atoms with Crippen molar-refractivity contribution in [2.75, 3.05) is 26.3 Å². The van der Waals surface area contributed by atoms with Crippen LogP contribution in [0.3, 0.4) is 0 Å². The summed E-state index contributed by atoms with van der Waals surface area (Å²) in [6.45, 7) is 9.88. The van der Waals surface area contributed by atoms with Crippen LogP contribution in [-0.4, -0.2) is 32.3 Å². The third-order valence-electron chi connectivity index (χ3n) is 4.18. The summed E-state index contributed by atoms with van der Waals surface area (Å²) >= 11 is 0. The lowest BCUT2D eigenvalue weighted by atomic mass is 9.78. The van der Waals surface area contributed by atoms with E-state index in [9.17, 15) is 0 Å². The lowest BCUT2D eigenvalue weighted by Crippen LogP contribution is -2.43. The highest BCUT2D eigenvalue weighted by Crippen LogP contribution is 2.43. The van der Waals surface area contributed by atoms with Crippen LogP contribution in [0.15, 0.2) is 4.99 Å². The molecule has 0 aromatic rings. The first-order valence-corrected chi connectivity index (χ1v) is 8.44. The number of hydrazine groups is 1. The van der Waals surface area contributed by atoms with Crippen LogP contribution < -0.4 is 16.6 Å². The van der Waals surface area contributed by atoms with Gasteiger partial charge >= 0.3 is 0 Å². The molecule has 0 radical (unpaired) electrons. The summed E-state index contributed by atoms with van der Waals surface area (Å²) < 4.78 is 5.32. The first-order valence-electron chi connectivity index (χ1n) is 8.44. The van der Waals surface area contributed by atoms with E-state index in [0.717, 1.165) is 38.6 Å². The van der Waals surface area contributed by atoms with E-state index >= 15 is 0 Å². The van der Waals surface area contributed by atoms with Gasteiger partial charge in [-0.2, -0.15) is 0 Å². The number of hydrogen-bond donors (Lipinski definition) is 3. The molecule has 21 heavy (non-hydrogen) atoms. The summed E-state index contributed by atoms with van der Waals surface area (Å²) in [7, 11) is 0. The molecular formula is C16H34N4O. The van der Waals surface area contributed by atoms with Crippen molar-refractivity contribution in [3.05, 3.63) is 0 Å². The van der Waals surface area contributed by atoms with Crippen molar-refractivity contribution < 1.29 is 4.74 Å². The van der Waals surface area contributed by atoms with Gasteiger partial charge in [0.1, 0.15) is 0 Å². The van der Waals surface area contributed by atoms with Gasteiger partial charge in [0, 0.05) is 26.3 Å². The minimum absolute atomic E-state index is 0.392. The van der Waals surface area contributed by atoms with Crippen LogP contribution in [0, 0.1) is 11.3 Å². The zero-order valence-electron chi connectivity index (χ0n) is 14.1. The van der Waals surface area contributed by atoms with Crippen LogP contribution in [0.25, 0.3) is 0 Å². The molecule has 5 heteroatoms. The topological polar surface area (TPSA) is 71.7 Å². The minimum Gasteiger partial charge on any atom is -0.382 e. The van der Waals surface area contributed by atoms with E-state index in [1.807, 2.05) is 6.92 Å². The monoisotopic (exact) mass is 298 g/mol. The molecule has 1 rings (SSSR count). The highest BCUT2D eigenvalue weighted by atomic mass is 16.5. The molecule has 0 bridgehead atoms. The standard InChI is InChI=1S/C16H34N4O/c1-4-21-11-7-10-18-15(20-17)19-13-16(12-14(2)3)8-5-6-9-16/h14H,4-13,17H2,1-3H3,(H2,18,19,20). The normalized spacial score (nSPS) is 18.2. The van der Waals surface area contributed by atoms with Gasteiger partial charge in [0.05, 0.1) is 0 Å². The van der Waals surface area contributed by atoms with Crippen molar-refractivity contribution in [2.24, 2.45) is 22.2 Å². The largest absolute Gasteiger partial charge is 0.382 e. The van der Waals surface area contributed by atoms with Crippen LogP contribution in [0.4, 0.5) is 0 Å². The first-order chi connectivity index (χ1) is 10.1. The zero-order chi connectivity index (χ0) is 15.6. The van der Waals surface area contributed by atoms with Crippen molar-refractivity contribution in [1.29, 1.82) is 0 Å². The molecule has 0 unspecified atom stereocenters. The van der Waals surface area contributed by atoms with Crippen LogP contribution >= 0.6 is 0 Å². The molecule has 0 spiro atoms. The number of nitrogens with zero attached hydrogens (tertiary/aromatic N) is 1. The number of guanidine groups is 1. The maximum absolute atomic E-state index is 5.57. The van der Waals surface area contributed by atoms with Gasteiger partial charge in [-0.3, -0.25) is 10.4 Å². The quantitative estimate of drug-likeness (QED) is 0.201. The Hall–Kier alpha value is -0.810. The lowest BCUT2D eigenvalue weighted by molar-refractivity contribution is 0.145. The van der Waals surface area contributed by atoms with E-state index in [1.165, 1.54) is 32.1 Å². The SMILES string of the molecule is CCOCCCNC(=NCC1(CC(C)C)CCCC1)NN. The van der Waals surface area contributed by atoms with Gasteiger partial charge in [-0.25, -0.2) is 5.84 Å². The van der Waals surface area contributed by atoms with Crippen LogP contribution in [0.1, 0.15) is 59.3 Å². The average Bonchev–Trinajstić information content (AvgIpc) is 2.90. The van der Waals surface area contributed by atoms with Crippen LogP contribution in [-0.2, 0) is 4.74 Å². The zero-order valence-corrected chi connectivity index (χ0v) is 14.1. The Balaban J connectivity index is 2.41. The molecule has 1 aliphatic rings. The van der Waals surface area contributed by atoms with Crippen molar-refractivity contribution in [3.8, 4) is 0 Å². The predicted octanol–water partition coefficient (Wildman–Crippen LogP) is 2.43.